The Hall–Kier alpha value is -1.17. The zero-order valence-electron chi connectivity index (χ0n) is 8.52. The molecule has 3 N–H and O–H groups in total. The van der Waals surface area contributed by atoms with Crippen molar-refractivity contribution in [3.05, 3.63) is 10.1 Å². The Balaban J connectivity index is 2.72. The number of carboxylic acid groups (broad SMARTS) is 1. The molecule has 0 aromatic heterocycles. The molecule has 86 valence electrons. The Labute approximate surface area is 87.6 Å². The molecule has 0 unspecified atom stereocenters. The lowest BCUT2D eigenvalue weighted by Gasteiger charge is -2.30. The summed E-state index contributed by atoms with van der Waals surface area (Å²) in [6.45, 7) is 0. The smallest absolute Gasteiger partial charge is 0.320 e. The highest BCUT2D eigenvalue weighted by Crippen LogP contribution is 2.34. The van der Waals surface area contributed by atoms with Gasteiger partial charge in [0.05, 0.1) is 0 Å². The van der Waals surface area contributed by atoms with Crippen molar-refractivity contribution in [2.75, 3.05) is 0 Å². The molecule has 6 heteroatoms. The highest BCUT2D eigenvalue weighted by atomic mass is 16.6. The first kappa shape index (κ1) is 11.9. The van der Waals surface area contributed by atoms with Crippen LogP contribution in [0, 0.1) is 10.1 Å². The Bertz CT molecular complexity index is 261. The number of carbonyl (C=O) groups is 1. The highest BCUT2D eigenvalue weighted by Gasteiger charge is 2.45. The van der Waals surface area contributed by atoms with Crippen LogP contribution in [0.3, 0.4) is 0 Å². The molecule has 0 radical (unpaired) electrons. The number of carboxylic acids is 1. The van der Waals surface area contributed by atoms with Crippen molar-refractivity contribution in [3.8, 4) is 0 Å². The number of nitrogens with two attached hydrogens (primary N) is 1. The first-order valence-electron chi connectivity index (χ1n) is 5.11. The van der Waals surface area contributed by atoms with Crippen LogP contribution >= 0.6 is 0 Å². The third-order valence-electron chi connectivity index (χ3n) is 3.09. The standard InChI is InChI=1S/C9H16N2O4/c10-7(8(12)13)6-9(11(14)15)4-2-1-3-5-9/h7H,1-6,10H2,(H,12,13)/t7-/m0/s1. The van der Waals surface area contributed by atoms with Gasteiger partial charge in [0.15, 0.2) is 0 Å². The molecule has 1 aliphatic carbocycles. The van der Waals surface area contributed by atoms with Crippen LogP contribution in [0.5, 0.6) is 0 Å². The monoisotopic (exact) mass is 216 g/mol. The summed E-state index contributed by atoms with van der Waals surface area (Å²) in [5, 5.41) is 19.7. The van der Waals surface area contributed by atoms with Gasteiger partial charge in [-0.3, -0.25) is 14.9 Å². The molecule has 0 spiro atoms. The highest BCUT2D eigenvalue weighted by molar-refractivity contribution is 5.73. The molecule has 6 nitrogen and oxygen atoms in total. The number of rotatable bonds is 4. The van der Waals surface area contributed by atoms with Crippen molar-refractivity contribution in [3.63, 3.8) is 0 Å². The molecule has 0 amide bonds. The van der Waals surface area contributed by atoms with E-state index in [0.717, 1.165) is 19.3 Å². The maximum atomic E-state index is 11.0. The van der Waals surface area contributed by atoms with Crippen LogP contribution in [0.15, 0.2) is 0 Å². The Morgan fingerprint density at radius 2 is 2.00 bits per heavy atom. The van der Waals surface area contributed by atoms with Crippen LogP contribution in [-0.4, -0.2) is 27.6 Å². The van der Waals surface area contributed by atoms with Gasteiger partial charge >= 0.3 is 5.97 Å². The molecule has 0 aromatic rings. The van der Waals surface area contributed by atoms with Crippen molar-refractivity contribution >= 4 is 5.97 Å². The van der Waals surface area contributed by atoms with Gasteiger partial charge in [0, 0.05) is 24.2 Å². The minimum atomic E-state index is -1.17. The van der Waals surface area contributed by atoms with Crippen molar-refractivity contribution in [1.82, 2.24) is 0 Å². The number of hydrogen-bond acceptors (Lipinski definition) is 4. The lowest BCUT2D eigenvalue weighted by atomic mass is 9.78. The number of nitro groups is 1. The molecule has 1 rings (SSSR count). The Morgan fingerprint density at radius 3 is 2.40 bits per heavy atom. The van der Waals surface area contributed by atoms with Crippen molar-refractivity contribution in [2.24, 2.45) is 5.73 Å². The van der Waals surface area contributed by atoms with E-state index in [1.807, 2.05) is 0 Å². The molecule has 1 atom stereocenters. The fourth-order valence-electron chi connectivity index (χ4n) is 2.17. The topological polar surface area (TPSA) is 106 Å². The second kappa shape index (κ2) is 4.57. The van der Waals surface area contributed by atoms with Gasteiger partial charge in [0.1, 0.15) is 6.04 Å². The number of nitrogens with zero attached hydrogens (tertiary/aromatic N) is 1. The zero-order chi connectivity index (χ0) is 11.5. The largest absolute Gasteiger partial charge is 0.480 e. The summed E-state index contributed by atoms with van der Waals surface area (Å²) in [7, 11) is 0. The lowest BCUT2D eigenvalue weighted by molar-refractivity contribution is -0.576. The normalized spacial score (nSPS) is 21.9. The third-order valence-corrected chi connectivity index (χ3v) is 3.09. The minimum Gasteiger partial charge on any atom is -0.480 e. The first-order chi connectivity index (χ1) is 6.98. The Morgan fingerprint density at radius 1 is 1.47 bits per heavy atom. The summed E-state index contributed by atoms with van der Waals surface area (Å²) >= 11 is 0. The quantitative estimate of drug-likeness (QED) is 0.533. The molecule has 0 aliphatic heterocycles. The molecule has 15 heavy (non-hydrogen) atoms. The van der Waals surface area contributed by atoms with Crippen LogP contribution in [0.1, 0.15) is 38.5 Å². The Kier molecular flexibility index (Phi) is 3.62. The average molecular weight is 216 g/mol. The predicted octanol–water partition coefficient (Wildman–Crippen LogP) is 0.768. The van der Waals surface area contributed by atoms with Gasteiger partial charge in [-0.15, -0.1) is 0 Å². The van der Waals surface area contributed by atoms with Crippen LogP contribution < -0.4 is 5.73 Å². The number of aliphatic carboxylic acids is 1. The molecular weight excluding hydrogens is 200 g/mol. The van der Waals surface area contributed by atoms with Crippen LogP contribution in [0.2, 0.25) is 0 Å². The molecule has 0 bridgehead atoms. The minimum absolute atomic E-state index is 0.0602. The van der Waals surface area contributed by atoms with E-state index in [1.54, 1.807) is 0 Å². The second-order valence-corrected chi connectivity index (χ2v) is 4.19. The molecule has 0 saturated heterocycles. The molecule has 0 heterocycles. The predicted molar refractivity (Wildman–Crippen MR) is 53.0 cm³/mol. The van der Waals surface area contributed by atoms with E-state index >= 15 is 0 Å². The molecule has 1 fully saturated rings. The second-order valence-electron chi connectivity index (χ2n) is 4.19. The molecule has 1 saturated carbocycles. The van der Waals surface area contributed by atoms with E-state index in [0.29, 0.717) is 12.8 Å². The van der Waals surface area contributed by atoms with E-state index in [-0.39, 0.29) is 11.3 Å². The molecule has 0 aromatic carbocycles. The number of hydrogen-bond donors (Lipinski definition) is 2. The maximum absolute atomic E-state index is 11.0. The summed E-state index contributed by atoms with van der Waals surface area (Å²) in [6, 6.07) is -1.13. The van der Waals surface area contributed by atoms with Crippen molar-refractivity contribution < 1.29 is 14.8 Å². The van der Waals surface area contributed by atoms with Crippen molar-refractivity contribution in [2.45, 2.75) is 50.1 Å². The van der Waals surface area contributed by atoms with Crippen LogP contribution in [0.4, 0.5) is 0 Å². The van der Waals surface area contributed by atoms with Gasteiger partial charge in [0.25, 0.3) is 0 Å². The van der Waals surface area contributed by atoms with Gasteiger partial charge in [-0.05, 0) is 12.8 Å². The van der Waals surface area contributed by atoms with Gasteiger partial charge < -0.3 is 10.8 Å². The van der Waals surface area contributed by atoms with E-state index in [1.165, 1.54) is 0 Å². The molecular formula is C9H16N2O4. The zero-order valence-corrected chi connectivity index (χ0v) is 8.52. The SMILES string of the molecule is N[C@@H](CC1([N+](=O)[O-])CCCCC1)C(=O)O. The van der Waals surface area contributed by atoms with Crippen molar-refractivity contribution in [1.29, 1.82) is 0 Å². The maximum Gasteiger partial charge on any atom is 0.320 e. The van der Waals surface area contributed by atoms with Crippen LogP contribution in [-0.2, 0) is 4.79 Å². The summed E-state index contributed by atoms with van der Waals surface area (Å²) < 4.78 is 0. The fourth-order valence-corrected chi connectivity index (χ4v) is 2.17. The van der Waals surface area contributed by atoms with Gasteiger partial charge in [-0.2, -0.15) is 0 Å². The first-order valence-corrected chi connectivity index (χ1v) is 5.11. The third kappa shape index (κ3) is 2.65. The average Bonchev–Trinajstić information content (AvgIpc) is 2.18. The van der Waals surface area contributed by atoms with Gasteiger partial charge in [0.2, 0.25) is 5.54 Å². The van der Waals surface area contributed by atoms with E-state index in [2.05, 4.69) is 0 Å². The van der Waals surface area contributed by atoms with E-state index < -0.39 is 17.6 Å². The van der Waals surface area contributed by atoms with Crippen LogP contribution in [0.25, 0.3) is 0 Å². The summed E-state index contributed by atoms with van der Waals surface area (Å²) in [4.78, 5) is 21.2. The summed E-state index contributed by atoms with van der Waals surface area (Å²) in [5.41, 5.74) is 4.27. The summed E-state index contributed by atoms with van der Waals surface area (Å²) in [5.74, 6) is -1.17. The van der Waals surface area contributed by atoms with E-state index in [9.17, 15) is 14.9 Å². The summed E-state index contributed by atoms with van der Waals surface area (Å²) in [6.07, 6.45) is 3.38. The van der Waals surface area contributed by atoms with E-state index in [4.69, 9.17) is 10.8 Å². The van der Waals surface area contributed by atoms with Gasteiger partial charge in [-0.25, -0.2) is 0 Å². The van der Waals surface area contributed by atoms with Gasteiger partial charge in [-0.1, -0.05) is 6.42 Å². The molecule has 1 aliphatic rings. The fraction of sp³-hybridized carbons (Fsp3) is 0.889. The lowest BCUT2D eigenvalue weighted by Crippen LogP contribution is -2.47.